The molecule has 0 N–H and O–H groups in total. The van der Waals surface area contributed by atoms with Crippen molar-refractivity contribution in [2.45, 2.75) is 26.7 Å². The highest BCUT2D eigenvalue weighted by Gasteiger charge is 2.12. The normalized spacial score (nSPS) is 11.4. The van der Waals surface area contributed by atoms with Gasteiger partial charge in [0.15, 0.2) is 5.65 Å². The SMILES string of the molecule is Cc1cn2nc(-c3ccc(F)cc3)cc(C(C)C)c2n1. The molecule has 3 aromatic rings. The van der Waals surface area contributed by atoms with Crippen LogP contribution in [0.25, 0.3) is 16.9 Å². The lowest BCUT2D eigenvalue weighted by Crippen LogP contribution is -2.00. The van der Waals surface area contributed by atoms with Crippen molar-refractivity contribution >= 4 is 5.65 Å². The van der Waals surface area contributed by atoms with E-state index in [4.69, 9.17) is 0 Å². The van der Waals surface area contributed by atoms with Crippen molar-refractivity contribution in [3.05, 3.63) is 53.6 Å². The van der Waals surface area contributed by atoms with E-state index >= 15 is 0 Å². The van der Waals surface area contributed by atoms with E-state index in [1.54, 1.807) is 12.1 Å². The number of imidazole rings is 1. The van der Waals surface area contributed by atoms with Gasteiger partial charge < -0.3 is 0 Å². The Balaban J connectivity index is 2.23. The fourth-order valence-corrected chi connectivity index (χ4v) is 2.30. The summed E-state index contributed by atoms with van der Waals surface area (Å²) in [6.07, 6.45) is 1.91. The van der Waals surface area contributed by atoms with Crippen LogP contribution in [0.15, 0.2) is 36.5 Å². The van der Waals surface area contributed by atoms with Gasteiger partial charge in [-0.05, 0) is 43.2 Å². The van der Waals surface area contributed by atoms with E-state index in [0.717, 1.165) is 28.2 Å². The van der Waals surface area contributed by atoms with Crippen molar-refractivity contribution in [3.63, 3.8) is 0 Å². The highest BCUT2D eigenvalue weighted by atomic mass is 19.1. The van der Waals surface area contributed by atoms with E-state index in [1.807, 2.05) is 23.7 Å². The molecule has 3 nitrogen and oxygen atoms in total. The third-order valence-corrected chi connectivity index (χ3v) is 3.34. The van der Waals surface area contributed by atoms with Crippen LogP contribution in [0.2, 0.25) is 0 Å². The predicted octanol–water partition coefficient (Wildman–Crippen LogP) is 3.97. The Morgan fingerprint density at radius 2 is 1.85 bits per heavy atom. The zero-order valence-corrected chi connectivity index (χ0v) is 11.8. The van der Waals surface area contributed by atoms with E-state index in [0.29, 0.717) is 5.92 Å². The Bertz CT molecular complexity index is 757. The maximum absolute atomic E-state index is 13.0. The van der Waals surface area contributed by atoms with Crippen LogP contribution in [0.4, 0.5) is 4.39 Å². The van der Waals surface area contributed by atoms with E-state index in [1.165, 1.54) is 12.1 Å². The molecule has 20 heavy (non-hydrogen) atoms. The Morgan fingerprint density at radius 1 is 1.15 bits per heavy atom. The number of rotatable bonds is 2. The molecule has 0 fully saturated rings. The Hall–Kier alpha value is -2.23. The third-order valence-electron chi connectivity index (χ3n) is 3.34. The molecule has 0 aliphatic rings. The Kier molecular flexibility index (Phi) is 3.01. The number of nitrogens with zero attached hydrogens (tertiary/aromatic N) is 3. The van der Waals surface area contributed by atoms with Crippen LogP contribution in [-0.2, 0) is 0 Å². The molecule has 102 valence electrons. The van der Waals surface area contributed by atoms with Gasteiger partial charge in [-0.25, -0.2) is 13.9 Å². The van der Waals surface area contributed by atoms with E-state index < -0.39 is 0 Å². The van der Waals surface area contributed by atoms with Crippen LogP contribution in [0, 0.1) is 12.7 Å². The maximum Gasteiger partial charge on any atom is 0.157 e. The van der Waals surface area contributed by atoms with E-state index in [-0.39, 0.29) is 5.82 Å². The standard InChI is InChI=1S/C16H16FN3/c1-10(2)14-8-15(12-4-6-13(17)7-5-12)19-20-9-11(3)18-16(14)20/h4-10H,1-3H3. The summed E-state index contributed by atoms with van der Waals surface area (Å²) in [6.45, 7) is 6.22. The van der Waals surface area contributed by atoms with Crippen molar-refractivity contribution in [1.29, 1.82) is 0 Å². The number of hydrogen-bond donors (Lipinski definition) is 0. The first-order valence-electron chi connectivity index (χ1n) is 6.67. The minimum absolute atomic E-state index is 0.239. The van der Waals surface area contributed by atoms with Crippen LogP contribution < -0.4 is 0 Å². The summed E-state index contributed by atoms with van der Waals surface area (Å²) in [4.78, 5) is 4.52. The quantitative estimate of drug-likeness (QED) is 0.704. The first-order valence-corrected chi connectivity index (χ1v) is 6.67. The molecule has 0 saturated carbocycles. The van der Waals surface area contributed by atoms with Gasteiger partial charge in [-0.2, -0.15) is 5.10 Å². The molecule has 0 bridgehead atoms. The molecule has 3 rings (SSSR count). The Morgan fingerprint density at radius 3 is 2.50 bits per heavy atom. The van der Waals surface area contributed by atoms with Crippen LogP contribution >= 0.6 is 0 Å². The summed E-state index contributed by atoms with van der Waals surface area (Å²) in [7, 11) is 0. The topological polar surface area (TPSA) is 30.2 Å². The molecule has 0 aliphatic carbocycles. The summed E-state index contributed by atoms with van der Waals surface area (Å²) in [5, 5.41) is 4.57. The third kappa shape index (κ3) is 2.18. The van der Waals surface area contributed by atoms with Crippen molar-refractivity contribution in [1.82, 2.24) is 14.6 Å². The highest BCUT2D eigenvalue weighted by molar-refractivity contribution is 5.63. The van der Waals surface area contributed by atoms with Gasteiger partial charge in [-0.3, -0.25) is 0 Å². The minimum Gasteiger partial charge on any atom is -0.232 e. The second-order valence-electron chi connectivity index (χ2n) is 5.30. The molecule has 0 atom stereocenters. The molecule has 0 aliphatic heterocycles. The van der Waals surface area contributed by atoms with Crippen molar-refractivity contribution < 1.29 is 4.39 Å². The average molecular weight is 269 g/mol. The maximum atomic E-state index is 13.0. The molecule has 0 amide bonds. The number of fused-ring (bicyclic) bond motifs is 1. The number of aromatic nitrogens is 3. The lowest BCUT2D eigenvalue weighted by molar-refractivity contribution is 0.628. The largest absolute Gasteiger partial charge is 0.232 e. The number of hydrogen-bond acceptors (Lipinski definition) is 2. The molecule has 1 aromatic carbocycles. The van der Waals surface area contributed by atoms with Gasteiger partial charge in [0.2, 0.25) is 0 Å². The second-order valence-corrected chi connectivity index (χ2v) is 5.30. The molecule has 2 heterocycles. The van der Waals surface area contributed by atoms with E-state index in [9.17, 15) is 4.39 Å². The van der Waals surface area contributed by atoms with Crippen molar-refractivity contribution in [2.75, 3.05) is 0 Å². The minimum atomic E-state index is -0.239. The van der Waals surface area contributed by atoms with Crippen LogP contribution in [0.3, 0.4) is 0 Å². The molecule has 2 aromatic heterocycles. The van der Waals surface area contributed by atoms with Gasteiger partial charge in [-0.15, -0.1) is 0 Å². The highest BCUT2D eigenvalue weighted by Crippen LogP contribution is 2.25. The van der Waals surface area contributed by atoms with Gasteiger partial charge >= 0.3 is 0 Å². The Labute approximate surface area is 117 Å². The van der Waals surface area contributed by atoms with Crippen LogP contribution in [-0.4, -0.2) is 14.6 Å². The molecular weight excluding hydrogens is 253 g/mol. The van der Waals surface area contributed by atoms with Gasteiger partial charge in [0.25, 0.3) is 0 Å². The second kappa shape index (κ2) is 4.71. The monoisotopic (exact) mass is 269 g/mol. The molecule has 4 heteroatoms. The molecular formula is C16H16FN3. The lowest BCUT2D eigenvalue weighted by Gasteiger charge is -2.10. The first-order chi connectivity index (χ1) is 9.54. The molecule has 0 saturated heterocycles. The summed E-state index contributed by atoms with van der Waals surface area (Å²) in [6, 6.07) is 8.44. The summed E-state index contributed by atoms with van der Waals surface area (Å²) in [5.74, 6) is 0.110. The fraction of sp³-hybridized carbons (Fsp3) is 0.250. The van der Waals surface area contributed by atoms with Crippen LogP contribution in [0.5, 0.6) is 0 Å². The smallest absolute Gasteiger partial charge is 0.157 e. The van der Waals surface area contributed by atoms with Crippen LogP contribution in [0.1, 0.15) is 31.0 Å². The fourth-order valence-electron chi connectivity index (χ4n) is 2.30. The van der Waals surface area contributed by atoms with E-state index in [2.05, 4.69) is 23.9 Å². The summed E-state index contributed by atoms with van der Waals surface area (Å²) in [5.41, 5.74) is 4.71. The van der Waals surface area contributed by atoms with Gasteiger partial charge in [0.1, 0.15) is 5.82 Å². The molecule has 0 spiro atoms. The van der Waals surface area contributed by atoms with Gasteiger partial charge in [-0.1, -0.05) is 13.8 Å². The molecule has 0 radical (unpaired) electrons. The lowest BCUT2D eigenvalue weighted by atomic mass is 10.0. The average Bonchev–Trinajstić information content (AvgIpc) is 2.78. The van der Waals surface area contributed by atoms with Gasteiger partial charge in [0.05, 0.1) is 17.6 Å². The zero-order valence-electron chi connectivity index (χ0n) is 11.8. The number of benzene rings is 1. The summed E-state index contributed by atoms with van der Waals surface area (Å²) >= 11 is 0. The van der Waals surface area contributed by atoms with Crippen molar-refractivity contribution in [2.24, 2.45) is 0 Å². The first kappa shape index (κ1) is 12.8. The zero-order chi connectivity index (χ0) is 14.3. The summed E-state index contributed by atoms with van der Waals surface area (Å²) < 4.78 is 14.8. The molecule has 0 unspecified atom stereocenters. The number of aryl methyl sites for hydroxylation is 1. The van der Waals surface area contributed by atoms with Crippen molar-refractivity contribution in [3.8, 4) is 11.3 Å². The predicted molar refractivity (Wildman–Crippen MR) is 77.2 cm³/mol. The number of halogens is 1. The van der Waals surface area contributed by atoms with Gasteiger partial charge in [0, 0.05) is 11.1 Å².